The molecular formula is C11H22N4O. The highest BCUT2D eigenvalue weighted by Gasteiger charge is 2.18. The molecule has 1 aromatic heterocycles. The van der Waals surface area contributed by atoms with Crippen molar-refractivity contribution >= 4 is 0 Å². The van der Waals surface area contributed by atoms with Crippen molar-refractivity contribution in [3.8, 4) is 0 Å². The molecule has 2 N–H and O–H groups in total. The van der Waals surface area contributed by atoms with Crippen molar-refractivity contribution in [2.75, 3.05) is 6.61 Å². The SMILES string of the molecule is CC(C)(CO)NCc1cn(C(C)(C)C)nn1. The number of aromatic nitrogens is 3. The summed E-state index contributed by atoms with van der Waals surface area (Å²) in [6, 6.07) is 0. The standard InChI is InChI=1S/C11H22N4O/c1-10(2,3)15-7-9(13-14-15)6-12-11(4,5)8-16/h7,12,16H,6,8H2,1-5H3. The van der Waals surface area contributed by atoms with Crippen molar-refractivity contribution in [3.63, 3.8) is 0 Å². The van der Waals surface area contributed by atoms with Crippen LogP contribution in [0.2, 0.25) is 0 Å². The number of nitrogens with one attached hydrogen (secondary N) is 1. The lowest BCUT2D eigenvalue weighted by molar-refractivity contribution is 0.187. The quantitative estimate of drug-likeness (QED) is 0.800. The van der Waals surface area contributed by atoms with Gasteiger partial charge in [0.2, 0.25) is 0 Å². The van der Waals surface area contributed by atoms with Gasteiger partial charge < -0.3 is 10.4 Å². The minimum absolute atomic E-state index is 0.0439. The van der Waals surface area contributed by atoms with Gasteiger partial charge in [-0.3, -0.25) is 0 Å². The third kappa shape index (κ3) is 3.57. The van der Waals surface area contributed by atoms with Gasteiger partial charge in [-0.25, -0.2) is 4.68 Å². The van der Waals surface area contributed by atoms with Crippen LogP contribution < -0.4 is 5.32 Å². The van der Waals surface area contributed by atoms with Crippen LogP contribution in [0.5, 0.6) is 0 Å². The molecule has 0 amide bonds. The molecule has 0 radical (unpaired) electrons. The topological polar surface area (TPSA) is 63.0 Å². The lowest BCUT2D eigenvalue weighted by atomic mass is 10.1. The highest BCUT2D eigenvalue weighted by atomic mass is 16.3. The first-order chi connectivity index (χ1) is 7.24. The lowest BCUT2D eigenvalue weighted by Crippen LogP contribution is -2.42. The first-order valence-electron chi connectivity index (χ1n) is 5.52. The van der Waals surface area contributed by atoms with Gasteiger partial charge in [0.25, 0.3) is 0 Å². The van der Waals surface area contributed by atoms with E-state index in [9.17, 15) is 0 Å². The molecule has 0 aliphatic rings. The summed E-state index contributed by atoms with van der Waals surface area (Å²) < 4.78 is 1.84. The molecule has 0 aliphatic carbocycles. The van der Waals surface area contributed by atoms with Crippen LogP contribution in [0.1, 0.15) is 40.3 Å². The van der Waals surface area contributed by atoms with Crippen molar-refractivity contribution in [2.45, 2.75) is 52.2 Å². The molecular weight excluding hydrogens is 204 g/mol. The Morgan fingerprint density at radius 2 is 1.94 bits per heavy atom. The highest BCUT2D eigenvalue weighted by molar-refractivity contribution is 4.95. The molecule has 1 aromatic rings. The number of aliphatic hydroxyl groups is 1. The van der Waals surface area contributed by atoms with E-state index in [1.165, 1.54) is 0 Å². The van der Waals surface area contributed by atoms with Gasteiger partial charge in [0.15, 0.2) is 0 Å². The first kappa shape index (κ1) is 13.1. The Balaban J connectivity index is 2.60. The summed E-state index contributed by atoms with van der Waals surface area (Å²) in [5, 5.41) is 20.5. The molecule has 0 aliphatic heterocycles. The van der Waals surface area contributed by atoms with E-state index in [1.807, 2.05) is 24.7 Å². The van der Waals surface area contributed by atoms with Gasteiger partial charge in [0, 0.05) is 12.1 Å². The van der Waals surface area contributed by atoms with Crippen LogP contribution in [-0.4, -0.2) is 32.2 Å². The fourth-order valence-electron chi connectivity index (χ4n) is 1.09. The van der Waals surface area contributed by atoms with E-state index in [1.54, 1.807) is 0 Å². The Kier molecular flexibility index (Phi) is 3.70. The van der Waals surface area contributed by atoms with E-state index in [-0.39, 0.29) is 17.7 Å². The van der Waals surface area contributed by atoms with Gasteiger partial charge in [0.05, 0.1) is 24.0 Å². The van der Waals surface area contributed by atoms with E-state index in [0.29, 0.717) is 6.54 Å². The predicted octanol–water partition coefficient (Wildman–Crippen LogP) is 0.894. The van der Waals surface area contributed by atoms with Crippen LogP contribution in [0.3, 0.4) is 0 Å². The Morgan fingerprint density at radius 1 is 1.31 bits per heavy atom. The summed E-state index contributed by atoms with van der Waals surface area (Å²) in [5.41, 5.74) is 0.556. The second kappa shape index (κ2) is 4.51. The second-order valence-electron chi connectivity index (χ2n) is 5.72. The first-order valence-corrected chi connectivity index (χ1v) is 5.52. The molecule has 5 heteroatoms. The summed E-state index contributed by atoms with van der Waals surface area (Å²) in [5.74, 6) is 0. The highest BCUT2D eigenvalue weighted by Crippen LogP contribution is 2.12. The van der Waals surface area contributed by atoms with Crippen molar-refractivity contribution in [2.24, 2.45) is 0 Å². The Bertz CT molecular complexity index is 338. The molecule has 0 spiro atoms. The average molecular weight is 226 g/mol. The Hall–Kier alpha value is -0.940. The fraction of sp³-hybridized carbons (Fsp3) is 0.818. The zero-order chi connectivity index (χ0) is 12.4. The number of nitrogens with zero attached hydrogens (tertiary/aromatic N) is 3. The van der Waals surface area contributed by atoms with E-state index in [0.717, 1.165) is 5.69 Å². The van der Waals surface area contributed by atoms with Crippen LogP contribution in [0.4, 0.5) is 0 Å². The fourth-order valence-corrected chi connectivity index (χ4v) is 1.09. The summed E-state index contributed by atoms with van der Waals surface area (Å²) >= 11 is 0. The van der Waals surface area contributed by atoms with Crippen LogP contribution in [-0.2, 0) is 12.1 Å². The van der Waals surface area contributed by atoms with Crippen molar-refractivity contribution in [1.29, 1.82) is 0 Å². The monoisotopic (exact) mass is 226 g/mol. The third-order valence-electron chi connectivity index (χ3n) is 2.37. The number of aliphatic hydroxyl groups excluding tert-OH is 1. The van der Waals surface area contributed by atoms with Crippen molar-refractivity contribution in [1.82, 2.24) is 20.3 Å². The zero-order valence-electron chi connectivity index (χ0n) is 10.8. The smallest absolute Gasteiger partial charge is 0.0965 e. The summed E-state index contributed by atoms with van der Waals surface area (Å²) in [6.45, 7) is 10.8. The lowest BCUT2D eigenvalue weighted by Gasteiger charge is -2.22. The van der Waals surface area contributed by atoms with E-state index < -0.39 is 0 Å². The Morgan fingerprint density at radius 3 is 2.38 bits per heavy atom. The second-order valence-corrected chi connectivity index (χ2v) is 5.72. The van der Waals surface area contributed by atoms with Crippen LogP contribution in [0.15, 0.2) is 6.20 Å². The van der Waals surface area contributed by atoms with Gasteiger partial charge >= 0.3 is 0 Å². The third-order valence-corrected chi connectivity index (χ3v) is 2.37. The van der Waals surface area contributed by atoms with Crippen molar-refractivity contribution in [3.05, 3.63) is 11.9 Å². The molecule has 0 unspecified atom stereocenters. The van der Waals surface area contributed by atoms with Gasteiger partial charge in [0.1, 0.15) is 0 Å². The molecule has 0 saturated heterocycles. The van der Waals surface area contributed by atoms with Crippen LogP contribution in [0.25, 0.3) is 0 Å². The maximum Gasteiger partial charge on any atom is 0.0965 e. The van der Waals surface area contributed by atoms with Gasteiger partial charge in [-0.05, 0) is 34.6 Å². The molecule has 0 bridgehead atoms. The van der Waals surface area contributed by atoms with Crippen LogP contribution >= 0.6 is 0 Å². The molecule has 0 fully saturated rings. The molecule has 0 aromatic carbocycles. The summed E-state index contributed by atoms with van der Waals surface area (Å²) in [4.78, 5) is 0. The largest absolute Gasteiger partial charge is 0.394 e. The molecule has 16 heavy (non-hydrogen) atoms. The number of hydrogen-bond acceptors (Lipinski definition) is 4. The van der Waals surface area contributed by atoms with Crippen LogP contribution in [0, 0.1) is 0 Å². The normalized spacial score (nSPS) is 13.1. The minimum atomic E-state index is -0.286. The molecule has 0 atom stereocenters. The van der Waals surface area contributed by atoms with Crippen molar-refractivity contribution < 1.29 is 5.11 Å². The average Bonchev–Trinajstić information content (AvgIpc) is 2.63. The maximum absolute atomic E-state index is 9.10. The van der Waals surface area contributed by atoms with Gasteiger partial charge in [-0.15, -0.1) is 5.10 Å². The Labute approximate surface area is 96.9 Å². The van der Waals surface area contributed by atoms with E-state index in [4.69, 9.17) is 5.11 Å². The number of rotatable bonds is 4. The summed E-state index contributed by atoms with van der Waals surface area (Å²) in [7, 11) is 0. The molecule has 92 valence electrons. The van der Waals surface area contributed by atoms with Gasteiger partial charge in [-0.1, -0.05) is 5.21 Å². The molecule has 0 saturated carbocycles. The molecule has 5 nitrogen and oxygen atoms in total. The summed E-state index contributed by atoms with van der Waals surface area (Å²) in [6.07, 6.45) is 1.93. The number of hydrogen-bond donors (Lipinski definition) is 2. The van der Waals surface area contributed by atoms with E-state index in [2.05, 4.69) is 36.4 Å². The van der Waals surface area contributed by atoms with E-state index >= 15 is 0 Å². The zero-order valence-corrected chi connectivity index (χ0v) is 10.8. The molecule has 1 heterocycles. The minimum Gasteiger partial charge on any atom is -0.394 e. The maximum atomic E-state index is 9.10. The van der Waals surface area contributed by atoms with Gasteiger partial charge in [-0.2, -0.15) is 0 Å². The predicted molar refractivity (Wildman–Crippen MR) is 63.0 cm³/mol. The molecule has 1 rings (SSSR count).